The Morgan fingerprint density at radius 3 is 2.28 bits per heavy atom. The third kappa shape index (κ3) is 8.34. The number of sulfonamides is 1. The van der Waals surface area contributed by atoms with E-state index in [1.807, 2.05) is 6.92 Å². The summed E-state index contributed by atoms with van der Waals surface area (Å²) in [6.07, 6.45) is 1.40. The van der Waals surface area contributed by atoms with Gasteiger partial charge in [-0.2, -0.15) is 5.10 Å². The minimum absolute atomic E-state index is 0.0314. The molecule has 0 aromatic heterocycles. The largest absolute Gasteiger partial charge is 0.495 e. The summed E-state index contributed by atoms with van der Waals surface area (Å²) in [6, 6.07) is 26.4. The van der Waals surface area contributed by atoms with Gasteiger partial charge >= 0.3 is 0 Å². The zero-order valence-electron chi connectivity index (χ0n) is 23.4. The van der Waals surface area contributed by atoms with Gasteiger partial charge in [0.1, 0.15) is 18.0 Å². The van der Waals surface area contributed by atoms with E-state index in [-0.39, 0.29) is 28.8 Å². The quantitative estimate of drug-likeness (QED) is 0.169. The van der Waals surface area contributed by atoms with Crippen molar-refractivity contribution in [2.75, 3.05) is 29.9 Å². The first-order valence-electron chi connectivity index (χ1n) is 13.0. The summed E-state index contributed by atoms with van der Waals surface area (Å²) in [4.78, 5) is 25.1. The smallest absolute Gasteiger partial charge is 0.264 e. The number of benzene rings is 4. The summed E-state index contributed by atoms with van der Waals surface area (Å²) >= 11 is 6.05. The molecule has 4 rings (SSSR count). The molecule has 0 aliphatic carbocycles. The molecule has 0 aliphatic heterocycles. The van der Waals surface area contributed by atoms with Crippen LogP contribution in [0.3, 0.4) is 0 Å². The van der Waals surface area contributed by atoms with Crippen molar-refractivity contribution in [1.29, 1.82) is 0 Å². The molecule has 12 heteroatoms. The number of hydrogen-bond donors (Lipinski definition) is 2. The number of hydrazone groups is 1. The van der Waals surface area contributed by atoms with E-state index >= 15 is 0 Å². The SMILES string of the molecule is COc1ccccc1N(CC(=O)NN=Cc1ccc(OCC(=O)Nc2ccccc2Cl)cc1)S(=O)(=O)c1ccc(C)cc1. The second-order valence-electron chi connectivity index (χ2n) is 9.18. The highest BCUT2D eigenvalue weighted by molar-refractivity contribution is 7.92. The molecule has 2 amide bonds. The minimum atomic E-state index is -4.12. The van der Waals surface area contributed by atoms with Gasteiger partial charge in [0.2, 0.25) is 0 Å². The molecule has 2 N–H and O–H groups in total. The lowest BCUT2D eigenvalue weighted by Gasteiger charge is -2.25. The normalized spacial score (nSPS) is 11.1. The molecule has 0 aliphatic rings. The van der Waals surface area contributed by atoms with E-state index in [2.05, 4.69) is 15.8 Å². The zero-order valence-corrected chi connectivity index (χ0v) is 24.9. The van der Waals surface area contributed by atoms with Gasteiger partial charge in [0.15, 0.2) is 6.61 Å². The molecule has 0 bridgehead atoms. The standard InChI is InChI=1S/C31H29ClN4O6S/c1-22-11-17-25(18-12-22)43(39,40)36(28-9-5-6-10-29(28)41-2)20-30(37)35-33-19-23-13-15-24(16-14-23)42-21-31(38)34-27-8-4-3-7-26(27)32/h3-19H,20-21H2,1-2H3,(H,34,38)(H,35,37). The summed E-state index contributed by atoms with van der Waals surface area (Å²) in [5, 5.41) is 7.06. The van der Waals surface area contributed by atoms with Gasteiger partial charge in [0.25, 0.3) is 21.8 Å². The Kier molecular flexibility index (Phi) is 10.4. The first kappa shape index (κ1) is 31.1. The van der Waals surface area contributed by atoms with Crippen molar-refractivity contribution in [2.45, 2.75) is 11.8 Å². The number of nitrogens with zero attached hydrogens (tertiary/aromatic N) is 2. The fraction of sp³-hybridized carbons (Fsp3) is 0.129. The van der Waals surface area contributed by atoms with E-state index < -0.39 is 22.5 Å². The van der Waals surface area contributed by atoms with Crippen LogP contribution in [0.1, 0.15) is 11.1 Å². The number of carbonyl (C=O) groups excluding carboxylic acids is 2. The van der Waals surface area contributed by atoms with Crippen molar-refractivity contribution in [1.82, 2.24) is 5.43 Å². The minimum Gasteiger partial charge on any atom is -0.495 e. The van der Waals surface area contributed by atoms with Crippen LogP contribution in [-0.2, 0) is 19.6 Å². The predicted octanol–water partition coefficient (Wildman–Crippen LogP) is 5.02. The highest BCUT2D eigenvalue weighted by atomic mass is 35.5. The Balaban J connectivity index is 1.38. The first-order chi connectivity index (χ1) is 20.7. The maximum Gasteiger partial charge on any atom is 0.264 e. The molecule has 0 saturated heterocycles. The molecule has 4 aromatic carbocycles. The van der Waals surface area contributed by atoms with E-state index in [1.54, 1.807) is 84.9 Å². The second kappa shape index (κ2) is 14.3. The molecule has 0 atom stereocenters. The van der Waals surface area contributed by atoms with Gasteiger partial charge in [0, 0.05) is 0 Å². The predicted molar refractivity (Wildman–Crippen MR) is 166 cm³/mol. The number of anilines is 2. The van der Waals surface area contributed by atoms with Crippen LogP contribution in [0.5, 0.6) is 11.5 Å². The molecule has 0 radical (unpaired) electrons. The lowest BCUT2D eigenvalue weighted by Crippen LogP contribution is -2.39. The van der Waals surface area contributed by atoms with Crippen molar-refractivity contribution in [3.8, 4) is 11.5 Å². The van der Waals surface area contributed by atoms with Crippen LogP contribution in [0.15, 0.2) is 107 Å². The third-order valence-corrected chi connectivity index (χ3v) is 8.15. The van der Waals surface area contributed by atoms with Crippen molar-refractivity contribution >= 4 is 51.0 Å². The van der Waals surface area contributed by atoms with Crippen molar-refractivity contribution in [3.05, 3.63) is 113 Å². The molecular formula is C31H29ClN4O6S. The number of carbonyl (C=O) groups is 2. The number of nitrogens with one attached hydrogen (secondary N) is 2. The maximum absolute atomic E-state index is 13.6. The van der Waals surface area contributed by atoms with E-state index in [0.717, 1.165) is 9.87 Å². The average molecular weight is 621 g/mol. The van der Waals surface area contributed by atoms with Gasteiger partial charge in [0.05, 0.1) is 34.6 Å². The fourth-order valence-electron chi connectivity index (χ4n) is 3.87. The molecule has 0 fully saturated rings. The molecule has 0 heterocycles. The van der Waals surface area contributed by atoms with Crippen molar-refractivity contribution in [3.63, 3.8) is 0 Å². The summed E-state index contributed by atoms with van der Waals surface area (Å²) in [5.41, 5.74) is 4.60. The van der Waals surface area contributed by atoms with Crippen LogP contribution in [0.25, 0.3) is 0 Å². The molecule has 4 aromatic rings. The van der Waals surface area contributed by atoms with Crippen LogP contribution in [0.2, 0.25) is 5.02 Å². The van der Waals surface area contributed by atoms with Crippen LogP contribution in [0, 0.1) is 6.92 Å². The number of hydrogen-bond acceptors (Lipinski definition) is 7. The number of amides is 2. The highest BCUT2D eigenvalue weighted by Crippen LogP contribution is 2.32. The van der Waals surface area contributed by atoms with Gasteiger partial charge in [-0.25, -0.2) is 13.8 Å². The molecule has 43 heavy (non-hydrogen) atoms. The van der Waals surface area contributed by atoms with Gasteiger partial charge in [-0.1, -0.05) is 53.6 Å². The van der Waals surface area contributed by atoms with E-state index in [4.69, 9.17) is 21.1 Å². The molecule has 0 unspecified atom stereocenters. The van der Waals surface area contributed by atoms with Gasteiger partial charge in [-0.15, -0.1) is 0 Å². The van der Waals surface area contributed by atoms with Crippen LogP contribution in [-0.4, -0.2) is 46.7 Å². The Bertz CT molecular complexity index is 1710. The molecule has 222 valence electrons. The van der Waals surface area contributed by atoms with E-state index in [9.17, 15) is 18.0 Å². The average Bonchev–Trinajstić information content (AvgIpc) is 3.01. The number of aryl methyl sites for hydroxylation is 1. The van der Waals surface area contributed by atoms with E-state index in [1.165, 1.54) is 25.5 Å². The van der Waals surface area contributed by atoms with Crippen molar-refractivity contribution < 1.29 is 27.5 Å². The number of ether oxygens (including phenoxy) is 2. The topological polar surface area (TPSA) is 126 Å². The lowest BCUT2D eigenvalue weighted by atomic mass is 10.2. The lowest BCUT2D eigenvalue weighted by molar-refractivity contribution is -0.119. The van der Waals surface area contributed by atoms with E-state index in [0.29, 0.717) is 22.0 Å². The Morgan fingerprint density at radius 2 is 1.58 bits per heavy atom. The summed E-state index contributed by atoms with van der Waals surface area (Å²) in [5.74, 6) is -0.294. The zero-order chi connectivity index (χ0) is 30.8. The Labute approximate surface area is 254 Å². The number of rotatable bonds is 12. The first-order valence-corrected chi connectivity index (χ1v) is 14.8. The van der Waals surface area contributed by atoms with Crippen LogP contribution in [0.4, 0.5) is 11.4 Å². The Hall–Kier alpha value is -4.87. The highest BCUT2D eigenvalue weighted by Gasteiger charge is 2.29. The summed E-state index contributed by atoms with van der Waals surface area (Å²) < 4.78 is 39.0. The summed E-state index contributed by atoms with van der Waals surface area (Å²) in [7, 11) is -2.70. The van der Waals surface area contributed by atoms with Crippen LogP contribution < -0.4 is 24.5 Å². The molecule has 10 nitrogen and oxygen atoms in total. The number of methoxy groups -OCH3 is 1. The number of halogens is 1. The number of para-hydroxylation sites is 3. The van der Waals surface area contributed by atoms with Gasteiger partial charge in [-0.3, -0.25) is 13.9 Å². The van der Waals surface area contributed by atoms with Crippen molar-refractivity contribution in [2.24, 2.45) is 5.10 Å². The molecule has 0 spiro atoms. The van der Waals surface area contributed by atoms with Gasteiger partial charge in [-0.05, 0) is 73.2 Å². The second-order valence-corrected chi connectivity index (χ2v) is 11.4. The summed E-state index contributed by atoms with van der Waals surface area (Å²) in [6.45, 7) is 1.09. The Morgan fingerprint density at radius 1 is 0.907 bits per heavy atom. The molecular weight excluding hydrogens is 592 g/mol. The monoisotopic (exact) mass is 620 g/mol. The molecule has 0 saturated carbocycles. The third-order valence-electron chi connectivity index (χ3n) is 6.05. The van der Waals surface area contributed by atoms with Gasteiger partial charge < -0.3 is 14.8 Å². The fourth-order valence-corrected chi connectivity index (χ4v) is 5.48. The maximum atomic E-state index is 13.6. The van der Waals surface area contributed by atoms with Crippen LogP contribution >= 0.6 is 11.6 Å².